The van der Waals surface area contributed by atoms with Gasteiger partial charge in [0.2, 0.25) is 5.91 Å². The van der Waals surface area contributed by atoms with Crippen molar-refractivity contribution >= 4 is 21.8 Å². The SMILES string of the molecule is CC1CNCCC1NC(=O)Cn1cc(Br)ccc1=O. The van der Waals surface area contributed by atoms with Gasteiger partial charge in [-0.05, 0) is 47.4 Å². The number of carbonyl (C=O) groups is 1. The molecule has 0 aromatic carbocycles. The Labute approximate surface area is 120 Å². The smallest absolute Gasteiger partial charge is 0.251 e. The summed E-state index contributed by atoms with van der Waals surface area (Å²) in [5.41, 5.74) is -0.170. The quantitative estimate of drug-likeness (QED) is 0.860. The zero-order valence-electron chi connectivity index (χ0n) is 10.9. The third-order valence-corrected chi connectivity index (χ3v) is 3.86. The zero-order valence-corrected chi connectivity index (χ0v) is 12.4. The average molecular weight is 328 g/mol. The lowest BCUT2D eigenvalue weighted by Gasteiger charge is -2.30. The molecule has 2 unspecified atom stereocenters. The van der Waals surface area contributed by atoms with Crippen molar-refractivity contribution in [3.8, 4) is 0 Å². The van der Waals surface area contributed by atoms with Crippen molar-refractivity contribution in [3.63, 3.8) is 0 Å². The Bertz CT molecular complexity index is 515. The van der Waals surface area contributed by atoms with E-state index in [-0.39, 0.29) is 24.1 Å². The lowest BCUT2D eigenvalue weighted by atomic mass is 9.95. The van der Waals surface area contributed by atoms with Crippen LogP contribution in [0.4, 0.5) is 0 Å². The summed E-state index contributed by atoms with van der Waals surface area (Å²) in [6.45, 7) is 4.02. The molecule has 1 aliphatic rings. The monoisotopic (exact) mass is 327 g/mol. The molecular formula is C13H18BrN3O2. The minimum absolute atomic E-state index is 0.0644. The fourth-order valence-electron chi connectivity index (χ4n) is 2.26. The summed E-state index contributed by atoms with van der Waals surface area (Å²) in [6, 6.07) is 3.31. The summed E-state index contributed by atoms with van der Waals surface area (Å²) in [4.78, 5) is 23.6. The number of hydrogen-bond donors (Lipinski definition) is 2. The number of hydrogen-bond acceptors (Lipinski definition) is 3. The standard InChI is InChI=1S/C13H18BrN3O2/c1-9-6-15-5-4-11(9)16-12(18)8-17-7-10(14)2-3-13(17)19/h2-3,7,9,11,15H,4-6,8H2,1H3,(H,16,18). The van der Waals surface area contributed by atoms with E-state index in [2.05, 4.69) is 33.5 Å². The van der Waals surface area contributed by atoms with Crippen molar-refractivity contribution < 1.29 is 4.79 Å². The maximum atomic E-state index is 12.0. The first-order valence-electron chi connectivity index (χ1n) is 6.42. The van der Waals surface area contributed by atoms with Crippen molar-refractivity contribution in [3.05, 3.63) is 33.2 Å². The Morgan fingerprint density at radius 1 is 1.58 bits per heavy atom. The normalized spacial score (nSPS) is 23.1. The maximum Gasteiger partial charge on any atom is 0.251 e. The van der Waals surface area contributed by atoms with Gasteiger partial charge in [0.05, 0.1) is 0 Å². The van der Waals surface area contributed by atoms with Crippen LogP contribution in [0.3, 0.4) is 0 Å². The summed E-state index contributed by atoms with van der Waals surface area (Å²) in [7, 11) is 0. The molecule has 1 saturated heterocycles. The van der Waals surface area contributed by atoms with E-state index in [0.717, 1.165) is 24.0 Å². The van der Waals surface area contributed by atoms with Gasteiger partial charge in [-0.3, -0.25) is 9.59 Å². The molecule has 2 rings (SSSR count). The van der Waals surface area contributed by atoms with Gasteiger partial charge in [0.25, 0.3) is 5.56 Å². The third kappa shape index (κ3) is 3.91. The summed E-state index contributed by atoms with van der Waals surface area (Å²) < 4.78 is 2.20. The molecule has 1 fully saturated rings. The molecule has 1 aromatic rings. The second kappa shape index (κ2) is 6.34. The van der Waals surface area contributed by atoms with Gasteiger partial charge < -0.3 is 15.2 Å². The van der Waals surface area contributed by atoms with Crippen molar-refractivity contribution in [1.29, 1.82) is 0 Å². The van der Waals surface area contributed by atoms with E-state index < -0.39 is 0 Å². The molecule has 0 bridgehead atoms. The van der Waals surface area contributed by atoms with Gasteiger partial charge in [0, 0.05) is 22.8 Å². The molecular weight excluding hydrogens is 310 g/mol. The molecule has 2 N–H and O–H groups in total. The van der Waals surface area contributed by atoms with E-state index in [1.807, 2.05) is 0 Å². The van der Waals surface area contributed by atoms with Crippen LogP contribution in [0.25, 0.3) is 0 Å². The number of carbonyl (C=O) groups excluding carboxylic acids is 1. The van der Waals surface area contributed by atoms with Crippen LogP contribution in [0.15, 0.2) is 27.6 Å². The predicted octanol–water partition coefficient (Wildman–Crippen LogP) is 0.725. The largest absolute Gasteiger partial charge is 0.351 e. The summed E-state index contributed by atoms with van der Waals surface area (Å²) in [6.07, 6.45) is 2.56. The molecule has 1 aromatic heterocycles. The molecule has 2 atom stereocenters. The Morgan fingerprint density at radius 3 is 3.11 bits per heavy atom. The van der Waals surface area contributed by atoms with Crippen LogP contribution in [-0.2, 0) is 11.3 Å². The Balaban J connectivity index is 1.97. The second-order valence-corrected chi connectivity index (χ2v) is 5.87. The first-order chi connectivity index (χ1) is 9.06. The van der Waals surface area contributed by atoms with E-state index in [1.54, 1.807) is 12.3 Å². The van der Waals surface area contributed by atoms with Crippen LogP contribution in [0, 0.1) is 5.92 Å². The van der Waals surface area contributed by atoms with Gasteiger partial charge in [-0.1, -0.05) is 6.92 Å². The summed E-state index contributed by atoms with van der Waals surface area (Å²) in [5, 5.41) is 6.30. The molecule has 5 nitrogen and oxygen atoms in total. The number of amides is 1. The van der Waals surface area contributed by atoms with Crippen molar-refractivity contribution in [2.45, 2.75) is 25.9 Å². The summed E-state index contributed by atoms with van der Waals surface area (Å²) in [5.74, 6) is 0.302. The van der Waals surface area contributed by atoms with Crippen LogP contribution in [-0.4, -0.2) is 29.6 Å². The molecule has 0 spiro atoms. The van der Waals surface area contributed by atoms with Crippen molar-refractivity contribution in [1.82, 2.24) is 15.2 Å². The predicted molar refractivity (Wildman–Crippen MR) is 77.0 cm³/mol. The van der Waals surface area contributed by atoms with Crippen LogP contribution in [0.1, 0.15) is 13.3 Å². The molecule has 6 heteroatoms. The summed E-state index contributed by atoms with van der Waals surface area (Å²) >= 11 is 3.29. The number of halogens is 1. The van der Waals surface area contributed by atoms with Gasteiger partial charge in [-0.25, -0.2) is 0 Å². The van der Waals surface area contributed by atoms with E-state index >= 15 is 0 Å². The highest BCUT2D eigenvalue weighted by atomic mass is 79.9. The van der Waals surface area contributed by atoms with Gasteiger partial charge in [-0.2, -0.15) is 0 Å². The molecule has 0 aliphatic carbocycles. The zero-order chi connectivity index (χ0) is 13.8. The Morgan fingerprint density at radius 2 is 2.37 bits per heavy atom. The van der Waals surface area contributed by atoms with Crippen molar-refractivity contribution in [2.75, 3.05) is 13.1 Å². The van der Waals surface area contributed by atoms with Crippen LogP contribution in [0.5, 0.6) is 0 Å². The lowest BCUT2D eigenvalue weighted by molar-refractivity contribution is -0.122. The van der Waals surface area contributed by atoms with Crippen LogP contribution in [0.2, 0.25) is 0 Å². The average Bonchev–Trinajstić information content (AvgIpc) is 2.37. The van der Waals surface area contributed by atoms with E-state index in [9.17, 15) is 9.59 Å². The second-order valence-electron chi connectivity index (χ2n) is 4.96. The van der Waals surface area contributed by atoms with E-state index in [0.29, 0.717) is 5.92 Å². The highest BCUT2D eigenvalue weighted by Crippen LogP contribution is 2.10. The van der Waals surface area contributed by atoms with E-state index in [4.69, 9.17) is 0 Å². The number of aromatic nitrogens is 1. The topological polar surface area (TPSA) is 63.1 Å². The molecule has 104 valence electrons. The first-order valence-corrected chi connectivity index (χ1v) is 7.21. The highest BCUT2D eigenvalue weighted by Gasteiger charge is 2.22. The maximum absolute atomic E-state index is 12.0. The van der Waals surface area contributed by atoms with Gasteiger partial charge >= 0.3 is 0 Å². The highest BCUT2D eigenvalue weighted by molar-refractivity contribution is 9.10. The van der Waals surface area contributed by atoms with Gasteiger partial charge in [0.15, 0.2) is 0 Å². The van der Waals surface area contributed by atoms with Gasteiger partial charge in [0.1, 0.15) is 6.54 Å². The molecule has 1 amide bonds. The lowest BCUT2D eigenvalue weighted by Crippen LogP contribution is -2.49. The fraction of sp³-hybridized carbons (Fsp3) is 0.538. The molecule has 0 saturated carbocycles. The molecule has 1 aliphatic heterocycles. The minimum atomic E-state index is -0.170. The number of rotatable bonds is 3. The molecule has 19 heavy (non-hydrogen) atoms. The minimum Gasteiger partial charge on any atom is -0.351 e. The van der Waals surface area contributed by atoms with E-state index in [1.165, 1.54) is 10.6 Å². The Kier molecular flexibility index (Phi) is 4.76. The number of piperidine rings is 1. The third-order valence-electron chi connectivity index (χ3n) is 3.39. The molecule has 2 heterocycles. The first kappa shape index (κ1) is 14.3. The number of pyridine rings is 1. The number of nitrogens with one attached hydrogen (secondary N) is 2. The van der Waals surface area contributed by atoms with Gasteiger partial charge in [-0.15, -0.1) is 0 Å². The van der Waals surface area contributed by atoms with Crippen LogP contribution >= 0.6 is 15.9 Å². The van der Waals surface area contributed by atoms with Crippen molar-refractivity contribution in [2.24, 2.45) is 5.92 Å². The van der Waals surface area contributed by atoms with Crippen LogP contribution < -0.4 is 16.2 Å². The fourth-order valence-corrected chi connectivity index (χ4v) is 2.64. The Hall–Kier alpha value is -1.14. The number of nitrogens with zero attached hydrogens (tertiary/aromatic N) is 1. The molecule has 0 radical (unpaired) electrons.